The van der Waals surface area contributed by atoms with E-state index in [0.717, 1.165) is 47.8 Å². The number of aliphatic hydroxyl groups excluding tert-OH is 1. The molecular formula is C28H34ClN7O3. The minimum absolute atomic E-state index is 0.164. The topological polar surface area (TPSA) is 126 Å². The Morgan fingerprint density at radius 2 is 1.97 bits per heavy atom. The predicted octanol–water partition coefficient (Wildman–Crippen LogP) is 4.91. The van der Waals surface area contributed by atoms with Gasteiger partial charge in [-0.2, -0.15) is 0 Å². The molecule has 1 saturated heterocycles. The molecule has 0 amide bonds. The zero-order valence-electron chi connectivity index (χ0n) is 22.5. The second-order valence-corrected chi connectivity index (χ2v) is 12.0. The van der Waals surface area contributed by atoms with Crippen LogP contribution in [0.3, 0.4) is 0 Å². The van der Waals surface area contributed by atoms with Crippen molar-refractivity contribution in [3.8, 4) is 22.8 Å². The zero-order chi connectivity index (χ0) is 27.3. The summed E-state index contributed by atoms with van der Waals surface area (Å²) in [5, 5.41) is 15.1. The molecule has 0 radical (unpaired) electrons. The van der Waals surface area contributed by atoms with Crippen molar-refractivity contribution in [2.24, 2.45) is 17.8 Å². The van der Waals surface area contributed by atoms with Gasteiger partial charge in [0.15, 0.2) is 0 Å². The number of pyridine rings is 2. The number of rotatable bonds is 6. The lowest BCUT2D eigenvalue weighted by Crippen LogP contribution is -2.36. The first-order valence-electron chi connectivity index (χ1n) is 13.8. The van der Waals surface area contributed by atoms with Crippen LogP contribution in [-0.4, -0.2) is 53.5 Å². The van der Waals surface area contributed by atoms with E-state index >= 15 is 0 Å². The molecule has 0 aromatic carbocycles. The van der Waals surface area contributed by atoms with Gasteiger partial charge in [-0.25, -0.2) is 14.8 Å². The van der Waals surface area contributed by atoms with Crippen molar-refractivity contribution < 1.29 is 9.63 Å². The van der Waals surface area contributed by atoms with E-state index in [1.807, 2.05) is 12.1 Å². The number of anilines is 1. The minimum atomic E-state index is -0.651. The first-order chi connectivity index (χ1) is 18.8. The fourth-order valence-corrected chi connectivity index (χ4v) is 6.39. The first-order valence-corrected chi connectivity index (χ1v) is 14.2. The molecule has 6 rings (SSSR count). The summed E-state index contributed by atoms with van der Waals surface area (Å²) in [4.78, 5) is 31.1. The fourth-order valence-electron chi connectivity index (χ4n) is 6.22. The lowest BCUT2D eigenvalue weighted by molar-refractivity contribution is 0.191. The van der Waals surface area contributed by atoms with Crippen molar-refractivity contribution in [2.45, 2.75) is 71.6 Å². The van der Waals surface area contributed by atoms with Crippen LogP contribution in [0.25, 0.3) is 33.8 Å². The standard InChI is InChI=1S/C28H34ClN7O3/c1-15(2)23-9-20(37)14-35(23)27-32-21-10-22(26-33-28(38)39-34-26)31-24(18-8-19(29)12-30-11-18)25(21)36(27)13-17-6-4-16(3)5-7-17/h8,10-12,15-17,20,23,37H,4-7,9,13-14H2,1-3H3,(H,33,34,38)/t16-,17-,20-,23+/m1/s1. The van der Waals surface area contributed by atoms with Crippen molar-refractivity contribution in [3.63, 3.8) is 0 Å². The summed E-state index contributed by atoms with van der Waals surface area (Å²) in [6.45, 7) is 8.04. The number of H-pyrrole nitrogens is 1. The average molecular weight is 552 g/mol. The highest BCUT2D eigenvalue weighted by molar-refractivity contribution is 6.30. The molecule has 0 spiro atoms. The van der Waals surface area contributed by atoms with Crippen LogP contribution in [0.2, 0.25) is 5.02 Å². The molecule has 2 fully saturated rings. The van der Waals surface area contributed by atoms with Crippen LogP contribution in [0.5, 0.6) is 0 Å². The van der Waals surface area contributed by atoms with E-state index in [9.17, 15) is 9.90 Å². The Labute approximate surface area is 231 Å². The third kappa shape index (κ3) is 5.07. The highest BCUT2D eigenvalue weighted by Crippen LogP contribution is 2.39. The zero-order valence-corrected chi connectivity index (χ0v) is 23.2. The van der Waals surface area contributed by atoms with E-state index in [1.165, 1.54) is 12.8 Å². The normalized spacial score (nSPS) is 23.8. The van der Waals surface area contributed by atoms with Gasteiger partial charge >= 0.3 is 5.76 Å². The Bertz CT molecular complexity index is 1540. The van der Waals surface area contributed by atoms with E-state index in [2.05, 4.69) is 45.4 Å². The average Bonchev–Trinajstić information content (AvgIpc) is 3.61. The fraction of sp³-hybridized carbons (Fsp3) is 0.536. The molecule has 2 atom stereocenters. The molecule has 1 saturated carbocycles. The molecule has 4 aromatic heterocycles. The number of β-amino-alcohol motifs (C(OH)–C–C–N with tert-alkyl or cyclic N) is 1. The van der Waals surface area contributed by atoms with Crippen LogP contribution >= 0.6 is 11.6 Å². The Morgan fingerprint density at radius 1 is 1.18 bits per heavy atom. The number of hydrogen-bond donors (Lipinski definition) is 2. The molecule has 11 heteroatoms. The molecule has 0 unspecified atom stereocenters. The largest absolute Gasteiger partial charge is 0.439 e. The van der Waals surface area contributed by atoms with Gasteiger partial charge < -0.3 is 14.6 Å². The lowest BCUT2D eigenvalue weighted by Gasteiger charge is -2.31. The van der Waals surface area contributed by atoms with Crippen LogP contribution in [-0.2, 0) is 6.54 Å². The Kier molecular flexibility index (Phi) is 6.93. The van der Waals surface area contributed by atoms with Crippen LogP contribution < -0.4 is 10.7 Å². The third-order valence-corrected chi connectivity index (χ3v) is 8.50. The second-order valence-electron chi connectivity index (χ2n) is 11.6. The van der Waals surface area contributed by atoms with Gasteiger partial charge in [0.1, 0.15) is 5.69 Å². The quantitative estimate of drug-likeness (QED) is 0.346. The van der Waals surface area contributed by atoms with Crippen LogP contribution in [0.4, 0.5) is 5.95 Å². The summed E-state index contributed by atoms with van der Waals surface area (Å²) in [7, 11) is 0. The Morgan fingerprint density at radius 3 is 2.67 bits per heavy atom. The summed E-state index contributed by atoms with van der Waals surface area (Å²) >= 11 is 6.37. The molecule has 39 heavy (non-hydrogen) atoms. The molecule has 4 aromatic rings. The van der Waals surface area contributed by atoms with Gasteiger partial charge in [0, 0.05) is 37.1 Å². The Balaban J connectivity index is 1.59. The molecule has 1 aliphatic heterocycles. The number of nitrogens with one attached hydrogen (secondary N) is 1. The summed E-state index contributed by atoms with van der Waals surface area (Å²) in [5.41, 5.74) is 3.44. The molecule has 1 aliphatic carbocycles. The number of hydrogen-bond acceptors (Lipinski definition) is 8. The highest BCUT2D eigenvalue weighted by Gasteiger charge is 2.37. The number of aromatic amines is 1. The Hall–Kier alpha value is -3.24. The van der Waals surface area contributed by atoms with Crippen LogP contribution in [0.1, 0.15) is 52.9 Å². The van der Waals surface area contributed by atoms with E-state index < -0.39 is 11.9 Å². The summed E-state index contributed by atoms with van der Waals surface area (Å²) in [5.74, 6) is 2.02. The van der Waals surface area contributed by atoms with E-state index in [-0.39, 0.29) is 11.9 Å². The summed E-state index contributed by atoms with van der Waals surface area (Å²) in [6.07, 6.45) is 8.38. The maximum Gasteiger partial charge on any atom is 0.439 e. The van der Waals surface area contributed by atoms with Crippen molar-refractivity contribution in [1.82, 2.24) is 29.7 Å². The van der Waals surface area contributed by atoms with Gasteiger partial charge in [0.25, 0.3) is 0 Å². The van der Waals surface area contributed by atoms with Crippen LogP contribution in [0, 0.1) is 17.8 Å². The molecular weight excluding hydrogens is 518 g/mol. The first kappa shape index (κ1) is 26.0. The maximum absolute atomic E-state index is 11.7. The summed E-state index contributed by atoms with van der Waals surface area (Å²) in [6, 6.07) is 3.84. The predicted molar refractivity (Wildman–Crippen MR) is 150 cm³/mol. The van der Waals surface area contributed by atoms with Crippen molar-refractivity contribution in [3.05, 3.63) is 40.1 Å². The molecule has 5 heterocycles. The van der Waals surface area contributed by atoms with Crippen LogP contribution in [0.15, 0.2) is 33.8 Å². The molecule has 2 N–H and O–H groups in total. The number of fused-ring (bicyclic) bond motifs is 1. The highest BCUT2D eigenvalue weighted by atomic mass is 35.5. The maximum atomic E-state index is 11.7. The van der Waals surface area contributed by atoms with Gasteiger partial charge in [-0.05, 0) is 49.1 Å². The van der Waals surface area contributed by atoms with Gasteiger partial charge in [-0.15, -0.1) is 0 Å². The van der Waals surface area contributed by atoms with E-state index in [0.29, 0.717) is 41.2 Å². The number of aliphatic hydroxyl groups is 1. The monoisotopic (exact) mass is 551 g/mol. The van der Waals surface area contributed by atoms with Gasteiger partial charge in [0.05, 0.1) is 27.9 Å². The van der Waals surface area contributed by atoms with E-state index in [1.54, 1.807) is 12.4 Å². The van der Waals surface area contributed by atoms with Gasteiger partial charge in [-0.1, -0.05) is 50.4 Å². The van der Waals surface area contributed by atoms with Crippen molar-refractivity contribution in [1.29, 1.82) is 0 Å². The molecule has 206 valence electrons. The SMILES string of the molecule is CC(C)[C@@H]1C[C@@H](O)CN1c1nc2cc(-c3noc(=O)[nH]3)nc(-c3cncc(Cl)c3)c2n1C[C@H]1CC[C@H](C)CC1. The van der Waals surface area contributed by atoms with Crippen molar-refractivity contribution in [2.75, 3.05) is 11.4 Å². The molecule has 2 aliphatic rings. The van der Waals surface area contributed by atoms with Gasteiger partial charge in [-0.3, -0.25) is 14.5 Å². The smallest absolute Gasteiger partial charge is 0.391 e. The lowest BCUT2D eigenvalue weighted by atomic mass is 9.83. The van der Waals surface area contributed by atoms with Crippen molar-refractivity contribution >= 4 is 28.6 Å². The van der Waals surface area contributed by atoms with Gasteiger partial charge in [0.2, 0.25) is 11.8 Å². The molecule has 0 bridgehead atoms. The molecule has 10 nitrogen and oxygen atoms in total. The second kappa shape index (κ2) is 10.4. The number of halogens is 1. The van der Waals surface area contributed by atoms with E-state index in [4.69, 9.17) is 26.1 Å². The minimum Gasteiger partial charge on any atom is -0.391 e. The number of aromatic nitrogens is 6. The number of imidazole rings is 1. The third-order valence-electron chi connectivity index (χ3n) is 8.29. The number of nitrogens with zero attached hydrogens (tertiary/aromatic N) is 6. The summed E-state index contributed by atoms with van der Waals surface area (Å²) < 4.78 is 7.06.